The predicted molar refractivity (Wildman–Crippen MR) is 72.6 cm³/mol. The highest BCUT2D eigenvalue weighted by molar-refractivity contribution is 8.00. The highest BCUT2D eigenvalue weighted by atomic mass is 35.5. The van der Waals surface area contributed by atoms with Crippen molar-refractivity contribution in [2.75, 3.05) is 18.8 Å². The molecule has 4 heteroatoms. The molecule has 0 saturated carbocycles. The number of benzene rings is 1. The summed E-state index contributed by atoms with van der Waals surface area (Å²) >= 11 is 7.46. The Balaban J connectivity index is 1.83. The van der Waals surface area contributed by atoms with Crippen LogP contribution in [0.3, 0.4) is 0 Å². The molecule has 0 aromatic heterocycles. The monoisotopic (exact) mass is 269 g/mol. The first-order valence-corrected chi connectivity index (χ1v) is 7.28. The molecule has 0 unspecified atom stereocenters. The molecule has 1 heterocycles. The lowest BCUT2D eigenvalue weighted by Gasteiger charge is -2.26. The van der Waals surface area contributed by atoms with E-state index in [1.54, 1.807) is 11.8 Å². The third-order valence-corrected chi connectivity index (χ3v) is 4.08. The van der Waals surface area contributed by atoms with Gasteiger partial charge in [-0.1, -0.05) is 17.7 Å². The smallest absolute Gasteiger partial charge is 0.232 e. The van der Waals surface area contributed by atoms with Crippen molar-refractivity contribution in [1.29, 1.82) is 0 Å². The largest absolute Gasteiger partial charge is 0.342 e. The van der Waals surface area contributed by atoms with Gasteiger partial charge in [0.25, 0.3) is 0 Å². The first-order chi connectivity index (χ1) is 8.25. The molecule has 0 aliphatic carbocycles. The van der Waals surface area contributed by atoms with Gasteiger partial charge in [-0.25, -0.2) is 0 Å². The molecule has 17 heavy (non-hydrogen) atoms. The van der Waals surface area contributed by atoms with Gasteiger partial charge in [0.15, 0.2) is 0 Å². The summed E-state index contributed by atoms with van der Waals surface area (Å²) in [5.41, 5.74) is 0. The van der Waals surface area contributed by atoms with Crippen LogP contribution >= 0.6 is 23.4 Å². The molecule has 2 nitrogen and oxygen atoms in total. The van der Waals surface area contributed by atoms with Crippen molar-refractivity contribution in [3.63, 3.8) is 0 Å². The van der Waals surface area contributed by atoms with E-state index >= 15 is 0 Å². The topological polar surface area (TPSA) is 20.3 Å². The van der Waals surface area contributed by atoms with Gasteiger partial charge in [0.05, 0.1) is 5.75 Å². The van der Waals surface area contributed by atoms with Crippen LogP contribution in [-0.4, -0.2) is 29.6 Å². The number of likely N-dealkylation sites (tertiary alicyclic amines) is 1. The lowest BCUT2D eigenvalue weighted by atomic mass is 10.1. The Morgan fingerprint density at radius 2 is 2.06 bits per heavy atom. The van der Waals surface area contributed by atoms with Crippen molar-refractivity contribution in [1.82, 2.24) is 4.90 Å². The SMILES string of the molecule is O=C(CSc1cccc(Cl)c1)N1CCCCC1. The van der Waals surface area contributed by atoms with Crippen LogP contribution in [0.1, 0.15) is 19.3 Å². The zero-order valence-corrected chi connectivity index (χ0v) is 11.3. The maximum Gasteiger partial charge on any atom is 0.232 e. The summed E-state index contributed by atoms with van der Waals surface area (Å²) < 4.78 is 0. The summed E-state index contributed by atoms with van der Waals surface area (Å²) in [6.45, 7) is 1.85. The zero-order chi connectivity index (χ0) is 12.1. The minimum atomic E-state index is 0.245. The van der Waals surface area contributed by atoms with Crippen molar-refractivity contribution in [2.24, 2.45) is 0 Å². The summed E-state index contributed by atoms with van der Waals surface area (Å²) in [4.78, 5) is 15.0. The summed E-state index contributed by atoms with van der Waals surface area (Å²) in [6.07, 6.45) is 3.55. The van der Waals surface area contributed by atoms with Gasteiger partial charge in [0.2, 0.25) is 5.91 Å². The molecule has 1 saturated heterocycles. The second kappa shape index (κ2) is 6.31. The number of nitrogens with zero attached hydrogens (tertiary/aromatic N) is 1. The molecule has 1 aromatic rings. The fraction of sp³-hybridized carbons (Fsp3) is 0.462. The van der Waals surface area contributed by atoms with E-state index in [1.165, 1.54) is 6.42 Å². The van der Waals surface area contributed by atoms with Crippen molar-refractivity contribution in [3.05, 3.63) is 29.3 Å². The molecule has 1 aromatic carbocycles. The molecule has 1 amide bonds. The number of hydrogen-bond acceptors (Lipinski definition) is 2. The second-order valence-electron chi connectivity index (χ2n) is 4.19. The Kier molecular flexibility index (Phi) is 4.75. The van der Waals surface area contributed by atoms with Crippen LogP contribution in [0.15, 0.2) is 29.2 Å². The Hall–Kier alpha value is -0.670. The molecular formula is C13H16ClNOS. The summed E-state index contributed by atoms with van der Waals surface area (Å²) in [5, 5.41) is 0.723. The number of rotatable bonds is 3. The van der Waals surface area contributed by atoms with Gasteiger partial charge in [0.1, 0.15) is 0 Å². The standard InChI is InChI=1S/C13H16ClNOS/c14-11-5-4-6-12(9-11)17-10-13(16)15-7-2-1-3-8-15/h4-6,9H,1-3,7-8,10H2. The predicted octanol–water partition coefficient (Wildman–Crippen LogP) is 3.44. The minimum absolute atomic E-state index is 0.245. The van der Waals surface area contributed by atoms with Crippen molar-refractivity contribution in [2.45, 2.75) is 24.2 Å². The molecule has 0 radical (unpaired) electrons. The summed E-state index contributed by atoms with van der Waals surface area (Å²) in [5.74, 6) is 0.759. The van der Waals surface area contributed by atoms with Crippen LogP contribution in [0.2, 0.25) is 5.02 Å². The van der Waals surface area contributed by atoms with Gasteiger partial charge in [-0.05, 0) is 37.5 Å². The molecule has 0 spiro atoms. The van der Waals surface area contributed by atoms with Crippen LogP contribution in [0.5, 0.6) is 0 Å². The average molecular weight is 270 g/mol. The van der Waals surface area contributed by atoms with Crippen LogP contribution in [0.25, 0.3) is 0 Å². The van der Waals surface area contributed by atoms with E-state index in [2.05, 4.69) is 0 Å². The van der Waals surface area contributed by atoms with Crippen molar-refractivity contribution in [3.8, 4) is 0 Å². The van der Waals surface area contributed by atoms with Gasteiger partial charge in [-0.15, -0.1) is 11.8 Å². The maximum absolute atomic E-state index is 11.9. The summed E-state index contributed by atoms with van der Waals surface area (Å²) in [6, 6.07) is 7.64. The van der Waals surface area contributed by atoms with E-state index in [4.69, 9.17) is 11.6 Å². The quantitative estimate of drug-likeness (QED) is 0.784. The van der Waals surface area contributed by atoms with Gasteiger partial charge >= 0.3 is 0 Å². The lowest BCUT2D eigenvalue weighted by molar-refractivity contribution is -0.129. The molecule has 1 fully saturated rings. The van der Waals surface area contributed by atoms with Crippen LogP contribution in [0, 0.1) is 0 Å². The van der Waals surface area contributed by atoms with E-state index in [-0.39, 0.29) is 5.91 Å². The Morgan fingerprint density at radius 3 is 2.76 bits per heavy atom. The second-order valence-corrected chi connectivity index (χ2v) is 5.67. The zero-order valence-electron chi connectivity index (χ0n) is 9.69. The van der Waals surface area contributed by atoms with E-state index < -0.39 is 0 Å². The van der Waals surface area contributed by atoms with E-state index in [9.17, 15) is 4.79 Å². The van der Waals surface area contributed by atoms with Gasteiger partial charge in [-0.3, -0.25) is 4.79 Å². The Morgan fingerprint density at radius 1 is 1.29 bits per heavy atom. The molecule has 0 N–H and O–H groups in total. The highest BCUT2D eigenvalue weighted by Crippen LogP contribution is 2.22. The molecule has 0 atom stereocenters. The first-order valence-electron chi connectivity index (χ1n) is 5.92. The van der Waals surface area contributed by atoms with E-state index in [0.717, 1.165) is 35.8 Å². The number of halogens is 1. The normalized spacial score (nSPS) is 15.9. The Bertz CT molecular complexity index is 391. The minimum Gasteiger partial charge on any atom is -0.342 e. The molecule has 1 aliphatic rings. The number of hydrogen-bond donors (Lipinski definition) is 0. The molecular weight excluding hydrogens is 254 g/mol. The third-order valence-electron chi connectivity index (χ3n) is 2.87. The van der Waals surface area contributed by atoms with Crippen LogP contribution < -0.4 is 0 Å². The Labute approximate surface area is 111 Å². The number of piperidine rings is 1. The van der Waals surface area contributed by atoms with E-state index in [1.807, 2.05) is 29.2 Å². The van der Waals surface area contributed by atoms with Crippen LogP contribution in [0.4, 0.5) is 0 Å². The summed E-state index contributed by atoms with van der Waals surface area (Å²) in [7, 11) is 0. The molecule has 0 bridgehead atoms. The number of carbonyl (C=O) groups excluding carboxylic acids is 1. The highest BCUT2D eigenvalue weighted by Gasteiger charge is 2.16. The van der Waals surface area contributed by atoms with Crippen molar-refractivity contribution < 1.29 is 4.79 Å². The maximum atomic E-state index is 11.9. The number of carbonyl (C=O) groups is 1. The average Bonchev–Trinajstić information content (AvgIpc) is 2.37. The number of amides is 1. The number of thioether (sulfide) groups is 1. The van der Waals surface area contributed by atoms with Gasteiger partial charge in [-0.2, -0.15) is 0 Å². The lowest BCUT2D eigenvalue weighted by Crippen LogP contribution is -2.36. The molecule has 92 valence electrons. The van der Waals surface area contributed by atoms with Crippen molar-refractivity contribution >= 4 is 29.3 Å². The molecule has 1 aliphatic heterocycles. The van der Waals surface area contributed by atoms with Gasteiger partial charge < -0.3 is 4.90 Å². The van der Waals surface area contributed by atoms with E-state index in [0.29, 0.717) is 5.75 Å². The first kappa shape index (κ1) is 12.8. The third kappa shape index (κ3) is 3.93. The fourth-order valence-electron chi connectivity index (χ4n) is 1.94. The fourth-order valence-corrected chi connectivity index (χ4v) is 3.05. The molecule has 2 rings (SSSR count). The van der Waals surface area contributed by atoms with Crippen LogP contribution in [-0.2, 0) is 4.79 Å². The van der Waals surface area contributed by atoms with Gasteiger partial charge in [0, 0.05) is 23.0 Å².